The van der Waals surface area contributed by atoms with Crippen LogP contribution in [0.5, 0.6) is 0 Å². The Morgan fingerprint density at radius 3 is 3.00 bits per heavy atom. The van der Waals surface area contributed by atoms with Gasteiger partial charge in [-0.25, -0.2) is 0 Å². The summed E-state index contributed by atoms with van der Waals surface area (Å²) in [4.78, 5) is 9.61. The zero-order valence-electron chi connectivity index (χ0n) is 4.31. The Bertz CT molecular complexity index is 47.0. The number of rotatable bonds is 4. The molecule has 2 nitrogen and oxygen atoms in total. The van der Waals surface area contributed by atoms with Crippen LogP contribution < -0.4 is 0 Å². The Balaban J connectivity index is 2.56. The second-order valence-electron chi connectivity index (χ2n) is 0.948. The summed E-state index contributed by atoms with van der Waals surface area (Å²) in [6, 6.07) is 0. The van der Waals surface area contributed by atoms with Crippen LogP contribution in [0.1, 0.15) is 6.92 Å². The summed E-state index contributed by atoms with van der Waals surface area (Å²) in [6.45, 7) is 2.63. The lowest BCUT2D eigenvalue weighted by atomic mass is 10.9. The van der Waals surface area contributed by atoms with Crippen molar-refractivity contribution in [2.24, 2.45) is 0 Å². The number of carbonyl (C=O) groups excluding carboxylic acids is 1. The molecule has 7 heavy (non-hydrogen) atoms. The highest BCUT2D eigenvalue weighted by Crippen LogP contribution is 2.06. The Morgan fingerprint density at radius 1 is 1.86 bits per heavy atom. The fourth-order valence-electron chi connectivity index (χ4n) is 0.195. The van der Waals surface area contributed by atoms with Gasteiger partial charge in [0.15, 0.2) is 0 Å². The maximum Gasteiger partial charge on any atom is 0.126 e. The molecule has 0 heterocycles. The molecule has 0 saturated carbocycles. The van der Waals surface area contributed by atoms with Crippen molar-refractivity contribution >= 4 is 15.1 Å². The zero-order chi connectivity index (χ0) is 5.54. The van der Waals surface area contributed by atoms with Crippen molar-refractivity contribution in [1.29, 1.82) is 0 Å². The third-order valence-corrected chi connectivity index (χ3v) is 1.24. The molecular formula is C4H9O2P. The molecule has 0 radical (unpaired) electrons. The molecule has 0 aromatic carbocycles. The molecule has 0 bridgehead atoms. The minimum atomic E-state index is 0.364. The largest absolute Gasteiger partial charge is 0.362 e. The van der Waals surface area contributed by atoms with E-state index < -0.39 is 0 Å². The van der Waals surface area contributed by atoms with E-state index in [1.165, 1.54) is 0 Å². The first-order valence-electron chi connectivity index (χ1n) is 2.20. The fourth-order valence-corrected chi connectivity index (χ4v) is 0.585. The maximum absolute atomic E-state index is 9.61. The van der Waals surface area contributed by atoms with Gasteiger partial charge in [-0.3, -0.25) is 0 Å². The van der Waals surface area contributed by atoms with E-state index >= 15 is 0 Å². The molecular weight excluding hydrogens is 111 g/mol. The Morgan fingerprint density at radius 2 is 2.57 bits per heavy atom. The molecule has 0 aromatic heterocycles. The lowest BCUT2D eigenvalue weighted by molar-refractivity contribution is -0.105. The van der Waals surface area contributed by atoms with Gasteiger partial charge in [0, 0.05) is 21.6 Å². The zero-order valence-corrected chi connectivity index (χ0v) is 5.31. The summed E-state index contributed by atoms with van der Waals surface area (Å²) >= 11 is 0. The van der Waals surface area contributed by atoms with Crippen molar-refractivity contribution in [3.8, 4) is 0 Å². The summed E-state index contributed by atoms with van der Waals surface area (Å²) in [7, 11) is 0.364. The van der Waals surface area contributed by atoms with E-state index in [1.807, 2.05) is 6.92 Å². The number of hydrogen-bond donors (Lipinski definition) is 0. The van der Waals surface area contributed by atoms with Crippen molar-refractivity contribution in [3.05, 3.63) is 0 Å². The van der Waals surface area contributed by atoms with Crippen molar-refractivity contribution in [2.45, 2.75) is 6.92 Å². The van der Waals surface area contributed by atoms with Crippen LogP contribution in [0, 0.1) is 0 Å². The minimum Gasteiger partial charge on any atom is -0.362 e. The molecule has 1 unspecified atom stereocenters. The predicted molar refractivity (Wildman–Crippen MR) is 30.9 cm³/mol. The lowest BCUT2D eigenvalue weighted by Crippen LogP contribution is -1.78. The van der Waals surface area contributed by atoms with Crippen LogP contribution in [-0.4, -0.2) is 19.1 Å². The van der Waals surface area contributed by atoms with Gasteiger partial charge in [0.05, 0.1) is 0 Å². The first-order chi connectivity index (χ1) is 3.41. The summed E-state index contributed by atoms with van der Waals surface area (Å²) in [6.07, 6.45) is 1.42. The summed E-state index contributed by atoms with van der Waals surface area (Å²) in [5.74, 6) is 0. The Labute approximate surface area is 45.1 Å². The third-order valence-electron chi connectivity index (χ3n) is 0.413. The molecule has 0 spiro atoms. The van der Waals surface area contributed by atoms with Crippen molar-refractivity contribution in [1.82, 2.24) is 0 Å². The standard InChI is InChI=1S/C4H9O2P/c1-2-6-7-4-3-5/h3,7H,2,4H2,1H3. The highest BCUT2D eigenvalue weighted by molar-refractivity contribution is 7.33. The number of aldehydes is 1. The van der Waals surface area contributed by atoms with Gasteiger partial charge < -0.3 is 9.32 Å². The first kappa shape index (κ1) is 7.06. The molecule has 0 N–H and O–H groups in total. The van der Waals surface area contributed by atoms with Gasteiger partial charge in [0.25, 0.3) is 0 Å². The van der Waals surface area contributed by atoms with Gasteiger partial charge in [0.2, 0.25) is 0 Å². The molecule has 0 aliphatic heterocycles. The van der Waals surface area contributed by atoms with Gasteiger partial charge in [-0.15, -0.1) is 0 Å². The van der Waals surface area contributed by atoms with Crippen LogP contribution in [0.25, 0.3) is 0 Å². The SMILES string of the molecule is CCOPCC=O. The van der Waals surface area contributed by atoms with Crippen molar-refractivity contribution in [3.63, 3.8) is 0 Å². The van der Waals surface area contributed by atoms with E-state index in [9.17, 15) is 4.79 Å². The average Bonchev–Trinajstić information content (AvgIpc) is 1.69. The normalized spacial score (nSPS) is 10.4. The minimum absolute atomic E-state index is 0.364. The van der Waals surface area contributed by atoms with Crippen LogP contribution in [0.4, 0.5) is 0 Å². The first-order valence-corrected chi connectivity index (χ1v) is 3.31. The van der Waals surface area contributed by atoms with Crippen LogP contribution in [-0.2, 0) is 9.32 Å². The second kappa shape index (κ2) is 6.06. The Hall–Kier alpha value is 0.0600. The molecule has 0 rings (SSSR count). The second-order valence-corrected chi connectivity index (χ2v) is 1.93. The van der Waals surface area contributed by atoms with Crippen molar-refractivity contribution in [2.75, 3.05) is 12.8 Å². The lowest BCUT2D eigenvalue weighted by Gasteiger charge is -1.90. The molecule has 0 aromatic rings. The monoisotopic (exact) mass is 120 g/mol. The van der Waals surface area contributed by atoms with E-state index in [4.69, 9.17) is 4.52 Å². The van der Waals surface area contributed by atoms with Gasteiger partial charge in [-0.2, -0.15) is 0 Å². The van der Waals surface area contributed by atoms with Gasteiger partial charge in [-0.05, 0) is 6.92 Å². The number of carbonyl (C=O) groups is 1. The van der Waals surface area contributed by atoms with Gasteiger partial charge in [0.1, 0.15) is 6.29 Å². The van der Waals surface area contributed by atoms with Crippen LogP contribution in [0.15, 0.2) is 0 Å². The van der Waals surface area contributed by atoms with Crippen LogP contribution in [0.3, 0.4) is 0 Å². The summed E-state index contributed by atoms with van der Waals surface area (Å²) in [5, 5.41) is 0. The summed E-state index contributed by atoms with van der Waals surface area (Å²) < 4.78 is 4.87. The molecule has 0 amide bonds. The van der Waals surface area contributed by atoms with Gasteiger partial charge in [-0.1, -0.05) is 0 Å². The van der Waals surface area contributed by atoms with E-state index in [-0.39, 0.29) is 0 Å². The average molecular weight is 120 g/mol. The molecule has 42 valence electrons. The quantitative estimate of drug-likeness (QED) is 0.312. The van der Waals surface area contributed by atoms with E-state index in [1.54, 1.807) is 0 Å². The third kappa shape index (κ3) is 6.06. The molecule has 0 aliphatic rings. The highest BCUT2D eigenvalue weighted by Gasteiger charge is 1.78. The smallest absolute Gasteiger partial charge is 0.126 e. The van der Waals surface area contributed by atoms with E-state index in [2.05, 4.69) is 0 Å². The molecule has 0 saturated heterocycles. The molecule has 1 atom stereocenters. The predicted octanol–water partition coefficient (Wildman–Crippen LogP) is 0.815. The molecule has 3 heteroatoms. The van der Waals surface area contributed by atoms with Gasteiger partial charge >= 0.3 is 0 Å². The number of hydrogen-bond acceptors (Lipinski definition) is 2. The summed E-state index contributed by atoms with van der Waals surface area (Å²) in [5.41, 5.74) is 0. The van der Waals surface area contributed by atoms with E-state index in [0.29, 0.717) is 21.6 Å². The van der Waals surface area contributed by atoms with Crippen LogP contribution in [0.2, 0.25) is 0 Å². The topological polar surface area (TPSA) is 26.3 Å². The van der Waals surface area contributed by atoms with Crippen molar-refractivity contribution < 1.29 is 9.32 Å². The maximum atomic E-state index is 9.61. The molecule has 0 fully saturated rings. The van der Waals surface area contributed by atoms with E-state index in [0.717, 1.165) is 6.29 Å². The van der Waals surface area contributed by atoms with Crippen LogP contribution >= 0.6 is 8.81 Å². The Kier molecular flexibility index (Phi) is 6.11. The fraction of sp³-hybridized carbons (Fsp3) is 0.750. The highest BCUT2D eigenvalue weighted by atomic mass is 31.1. The molecule has 0 aliphatic carbocycles.